The Morgan fingerprint density at radius 3 is 0.750 bits per heavy atom. The molecule has 4 aliphatic carbocycles. The van der Waals surface area contributed by atoms with E-state index < -0.39 is 0 Å². The Kier molecular flexibility index (Phi) is 18.2. The minimum atomic E-state index is 0.811. The highest BCUT2D eigenvalue weighted by atomic mass is 16.3. The molecule has 0 saturated carbocycles. The molecule has 6 heterocycles. The topological polar surface area (TPSA) is 78.3 Å². The maximum atomic E-state index is 6.93. The zero-order valence-corrected chi connectivity index (χ0v) is 73.6. The fraction of sp³-hybridized carbons (Fsp3) is 0. The third-order valence-corrected chi connectivity index (χ3v) is 27.8. The van der Waals surface area contributed by atoms with Crippen LogP contribution in [0.1, 0.15) is 0 Å². The van der Waals surface area contributed by atoms with Gasteiger partial charge >= 0.3 is 0 Å². The number of benzene rings is 20. The number of rotatable bonds is 6. The van der Waals surface area contributed by atoms with E-state index in [-0.39, 0.29) is 0 Å². The fourth-order valence-corrected chi connectivity index (χ4v) is 21.8. The van der Waals surface area contributed by atoms with E-state index in [1.165, 1.54) is 166 Å². The van der Waals surface area contributed by atoms with Crippen LogP contribution in [0.4, 0.5) is 0 Å². The van der Waals surface area contributed by atoms with Gasteiger partial charge in [-0.25, -0.2) is 4.98 Å². The SMILES string of the molecule is c1ccc(-c2cccc(-c3oc4c5c(cc6ccccc64)-c4ccccc4-c4ccccc4-c35)c2)cc1.c1ccc(-c2cccc(-c3oc4c5c(cc6ccccc64)-c4ccccc4-c4ccccc4-c35)n2)cc1.c1ccc(-c2oc3c4c(cc5ccccc53)-c3ccccc3-c3ccccc3-c24)cc1.c1ccc(-c2oc3c4c(cc5ccccc53)-c3ccccc3-c3ccccc3-c24)nc1. The van der Waals surface area contributed by atoms with Crippen LogP contribution in [0.15, 0.2) is 491 Å². The van der Waals surface area contributed by atoms with E-state index in [9.17, 15) is 0 Å². The lowest BCUT2D eigenvalue weighted by atomic mass is 9.92. The number of hydrogen-bond acceptors (Lipinski definition) is 6. The van der Waals surface area contributed by atoms with Crippen LogP contribution in [0.5, 0.6) is 0 Å². The van der Waals surface area contributed by atoms with E-state index >= 15 is 0 Å². The van der Waals surface area contributed by atoms with E-state index in [2.05, 4.69) is 436 Å². The fourth-order valence-electron chi connectivity index (χ4n) is 21.8. The highest BCUT2D eigenvalue weighted by Crippen LogP contribution is 2.60. The number of pyridine rings is 2. The van der Waals surface area contributed by atoms with Gasteiger partial charge in [0.15, 0.2) is 11.5 Å². The molecule has 6 nitrogen and oxygen atoms in total. The quantitative estimate of drug-likeness (QED) is 0.165. The van der Waals surface area contributed by atoms with Crippen LogP contribution in [-0.2, 0) is 0 Å². The first-order valence-corrected chi connectivity index (χ1v) is 46.4. The van der Waals surface area contributed by atoms with Gasteiger partial charge in [0.25, 0.3) is 0 Å². The molecule has 0 unspecified atom stereocenters. The highest BCUT2D eigenvalue weighted by molar-refractivity contribution is 6.28. The second kappa shape index (κ2) is 31.9. The molecule has 0 saturated heterocycles. The first-order valence-electron chi connectivity index (χ1n) is 46.4. The Morgan fingerprint density at radius 1 is 0.147 bits per heavy atom. The molecule has 0 N–H and O–H groups in total. The Morgan fingerprint density at radius 2 is 0.390 bits per heavy atom. The molecule has 20 aromatic carbocycles. The van der Waals surface area contributed by atoms with Gasteiger partial charge in [0.2, 0.25) is 0 Å². The van der Waals surface area contributed by atoms with Gasteiger partial charge in [-0.05, 0) is 199 Å². The smallest absolute Gasteiger partial charge is 0.161 e. The number of furan rings is 4. The first kappa shape index (κ1) is 77.8. The summed E-state index contributed by atoms with van der Waals surface area (Å²) in [6.45, 7) is 0. The molecule has 632 valence electrons. The second-order valence-electron chi connectivity index (χ2n) is 35.3. The number of fused-ring (bicyclic) bond motifs is 28. The van der Waals surface area contributed by atoms with E-state index in [1.807, 2.05) is 42.6 Å². The summed E-state index contributed by atoms with van der Waals surface area (Å²) in [5, 5.41) is 14.0. The van der Waals surface area contributed by atoms with Crippen LogP contribution in [0.2, 0.25) is 0 Å². The summed E-state index contributed by atoms with van der Waals surface area (Å²) in [5.41, 5.74) is 41.2. The average Bonchev–Trinajstić information content (AvgIpc) is 1.57. The molecule has 0 aliphatic heterocycles. The summed E-state index contributed by atoms with van der Waals surface area (Å²) < 4.78 is 27.2. The predicted molar refractivity (Wildman–Crippen MR) is 563 cm³/mol. The normalized spacial score (nSPS) is 11.8. The average molecular weight is 1730 g/mol. The van der Waals surface area contributed by atoms with Crippen molar-refractivity contribution in [3.05, 3.63) is 473 Å². The standard InChI is InChI=1S/C36H22O.C35H21NO.C30H18O.C29H17NO/c1-2-11-23(12-3-1)24-14-10-15-26(21-24)35-33-31-20-9-8-18-29(31)28-17-6-7-19-30(28)32-22-25-13-4-5-16-27(25)36(37-35)34(32)33;1-2-11-22(12-3-1)30-19-10-20-31(36-30)35-32-28-18-9-8-16-26(28)25-15-6-7-17-27(25)29-21-23-13-4-5-14-24(23)34(37-35)33(29)32;1-2-10-19(11-3-1)29-27-25-17-9-8-15-23(25)22-14-6-7-16-24(22)26-18-20-12-4-5-13-21(20)30(31-29)28(26)27;1-2-10-19-18(9-1)17-24-22-13-4-3-11-20(22)21-12-5-6-14-23(21)26-27(24)28(19)31-29(26)25-15-7-8-16-30-25/h1-22H;1-21H;1-18H;1-17H. The van der Waals surface area contributed by atoms with Crippen molar-refractivity contribution >= 4 is 87.0 Å². The summed E-state index contributed by atoms with van der Waals surface area (Å²) >= 11 is 0. The zero-order valence-electron chi connectivity index (χ0n) is 73.6. The Balaban J connectivity index is 0.0000000922. The van der Waals surface area contributed by atoms with E-state index in [4.69, 9.17) is 22.7 Å². The van der Waals surface area contributed by atoms with E-state index in [0.717, 1.165) is 123 Å². The van der Waals surface area contributed by atoms with Crippen LogP contribution in [0.3, 0.4) is 0 Å². The van der Waals surface area contributed by atoms with Crippen LogP contribution in [0.25, 0.3) is 288 Å². The summed E-state index contributed by atoms with van der Waals surface area (Å²) in [5.74, 6) is 3.50. The van der Waals surface area contributed by atoms with Crippen molar-refractivity contribution in [2.24, 2.45) is 0 Å². The van der Waals surface area contributed by atoms with Gasteiger partial charge in [-0.3, -0.25) is 4.98 Å². The maximum absolute atomic E-state index is 6.93. The molecule has 0 atom stereocenters. The maximum Gasteiger partial charge on any atom is 0.161 e. The summed E-state index contributed by atoms with van der Waals surface area (Å²) in [7, 11) is 0. The number of aromatic nitrogens is 2. The largest absolute Gasteiger partial charge is 0.455 e. The molecule has 6 aromatic heterocycles. The van der Waals surface area contributed by atoms with Crippen molar-refractivity contribution in [2.75, 3.05) is 0 Å². The van der Waals surface area contributed by atoms with Crippen LogP contribution >= 0.6 is 0 Å². The molecule has 4 aliphatic rings. The van der Waals surface area contributed by atoms with Gasteiger partial charge in [0.1, 0.15) is 45.2 Å². The van der Waals surface area contributed by atoms with Gasteiger partial charge < -0.3 is 17.7 Å². The molecule has 0 bridgehead atoms. The van der Waals surface area contributed by atoms with Crippen molar-refractivity contribution in [3.63, 3.8) is 0 Å². The Labute approximate surface area is 783 Å². The molecule has 30 rings (SSSR count). The second-order valence-corrected chi connectivity index (χ2v) is 35.3. The predicted octanol–water partition coefficient (Wildman–Crippen LogP) is 36.4. The van der Waals surface area contributed by atoms with Crippen molar-refractivity contribution < 1.29 is 17.7 Å². The van der Waals surface area contributed by atoms with Crippen molar-refractivity contribution in [2.45, 2.75) is 0 Å². The molecule has 26 aromatic rings. The van der Waals surface area contributed by atoms with Gasteiger partial charge in [-0.2, -0.15) is 0 Å². The lowest BCUT2D eigenvalue weighted by Crippen LogP contribution is -1.89. The lowest BCUT2D eigenvalue weighted by Gasteiger charge is -2.12. The third-order valence-electron chi connectivity index (χ3n) is 27.8. The minimum absolute atomic E-state index is 0.811. The molecule has 0 spiro atoms. The van der Waals surface area contributed by atoms with E-state index in [0.29, 0.717) is 0 Å². The first-order chi connectivity index (χ1) is 67.5. The van der Waals surface area contributed by atoms with Crippen molar-refractivity contribution in [1.82, 2.24) is 9.97 Å². The number of nitrogens with zero attached hydrogens (tertiary/aromatic N) is 2. The molecular weight excluding hydrogens is 1650 g/mol. The van der Waals surface area contributed by atoms with E-state index in [1.54, 1.807) is 0 Å². The monoisotopic (exact) mass is 1730 g/mol. The summed E-state index contributed by atoms with van der Waals surface area (Å²) in [4.78, 5) is 9.76. The highest BCUT2D eigenvalue weighted by Gasteiger charge is 2.35. The minimum Gasteiger partial charge on any atom is -0.455 e. The zero-order chi connectivity index (χ0) is 89.4. The van der Waals surface area contributed by atoms with Crippen LogP contribution in [0, 0.1) is 0 Å². The van der Waals surface area contributed by atoms with Crippen molar-refractivity contribution in [1.29, 1.82) is 0 Å². The van der Waals surface area contributed by atoms with Gasteiger partial charge in [0.05, 0.1) is 5.69 Å². The van der Waals surface area contributed by atoms with Gasteiger partial charge in [-0.15, -0.1) is 0 Å². The number of hydrogen-bond donors (Lipinski definition) is 0. The lowest BCUT2D eigenvalue weighted by molar-refractivity contribution is 0.633. The van der Waals surface area contributed by atoms with Crippen LogP contribution in [-0.4, -0.2) is 9.97 Å². The van der Waals surface area contributed by atoms with Crippen molar-refractivity contribution in [3.8, 4) is 201 Å². The Hall–Kier alpha value is -18.1. The van der Waals surface area contributed by atoms with Crippen LogP contribution < -0.4 is 0 Å². The molecular formula is C130H78N2O4. The third kappa shape index (κ3) is 12.5. The Bertz CT molecular complexity index is 8820. The molecule has 0 amide bonds. The van der Waals surface area contributed by atoms with Gasteiger partial charge in [0, 0.05) is 88.2 Å². The molecule has 6 heteroatoms. The molecule has 136 heavy (non-hydrogen) atoms. The molecule has 0 radical (unpaired) electrons. The molecule has 0 fully saturated rings. The van der Waals surface area contributed by atoms with Gasteiger partial charge in [-0.1, -0.05) is 413 Å². The summed E-state index contributed by atoms with van der Waals surface area (Å²) in [6, 6.07) is 165. The summed E-state index contributed by atoms with van der Waals surface area (Å²) in [6.07, 6.45) is 1.83.